The van der Waals surface area contributed by atoms with Gasteiger partial charge in [-0.25, -0.2) is 13.4 Å². The smallest absolute Gasteiger partial charge is 0.234 e. The van der Waals surface area contributed by atoms with Gasteiger partial charge >= 0.3 is 0 Å². The van der Waals surface area contributed by atoms with Crippen LogP contribution in [0.1, 0.15) is 30.9 Å². The molecule has 0 bridgehead atoms. The van der Waals surface area contributed by atoms with Crippen LogP contribution in [0.2, 0.25) is 0 Å². The minimum absolute atomic E-state index is 0.0148. The minimum Gasteiger partial charge on any atom is -0.354 e. The zero-order valence-electron chi connectivity index (χ0n) is 16.1. The SMILES string of the molecule is CC(C)c1ccc(Nc2ccc(NS(=O)(=O)CCc3ccccc3)nc2)cc1. The lowest BCUT2D eigenvalue weighted by atomic mass is 10.0. The number of nitrogens with one attached hydrogen (secondary N) is 2. The summed E-state index contributed by atoms with van der Waals surface area (Å²) < 4.78 is 27.1. The number of hydrogen-bond acceptors (Lipinski definition) is 4. The molecule has 0 atom stereocenters. The van der Waals surface area contributed by atoms with E-state index >= 15 is 0 Å². The van der Waals surface area contributed by atoms with Crippen LogP contribution in [0.15, 0.2) is 72.9 Å². The maximum Gasteiger partial charge on any atom is 0.234 e. The molecule has 6 heteroatoms. The van der Waals surface area contributed by atoms with Crippen molar-refractivity contribution in [1.82, 2.24) is 4.98 Å². The molecule has 0 amide bonds. The molecule has 2 aromatic carbocycles. The van der Waals surface area contributed by atoms with Crippen molar-refractivity contribution in [3.05, 3.63) is 84.1 Å². The van der Waals surface area contributed by atoms with Crippen LogP contribution in [-0.2, 0) is 16.4 Å². The number of anilines is 3. The quantitative estimate of drug-likeness (QED) is 0.567. The Morgan fingerprint density at radius 3 is 2.18 bits per heavy atom. The first-order valence-corrected chi connectivity index (χ1v) is 10.9. The van der Waals surface area contributed by atoms with Gasteiger partial charge in [-0.15, -0.1) is 0 Å². The Hall–Kier alpha value is -2.86. The highest BCUT2D eigenvalue weighted by Crippen LogP contribution is 2.21. The third kappa shape index (κ3) is 5.82. The van der Waals surface area contributed by atoms with Gasteiger partial charge in [0.2, 0.25) is 10.0 Å². The van der Waals surface area contributed by atoms with Crippen molar-refractivity contribution in [2.75, 3.05) is 15.8 Å². The van der Waals surface area contributed by atoms with Crippen LogP contribution in [0.25, 0.3) is 0 Å². The summed E-state index contributed by atoms with van der Waals surface area (Å²) in [5.74, 6) is 0.819. The maximum absolute atomic E-state index is 12.3. The number of rotatable bonds is 8. The van der Waals surface area contributed by atoms with Crippen molar-refractivity contribution in [3.63, 3.8) is 0 Å². The van der Waals surface area contributed by atoms with E-state index in [-0.39, 0.29) is 5.75 Å². The zero-order chi connectivity index (χ0) is 20.0. The molecule has 146 valence electrons. The summed E-state index contributed by atoms with van der Waals surface area (Å²) in [5, 5.41) is 3.27. The van der Waals surface area contributed by atoms with E-state index in [0.717, 1.165) is 16.9 Å². The Morgan fingerprint density at radius 2 is 1.57 bits per heavy atom. The number of aryl methyl sites for hydroxylation is 1. The third-order valence-corrected chi connectivity index (χ3v) is 5.65. The Balaban J connectivity index is 1.57. The summed E-state index contributed by atoms with van der Waals surface area (Å²) in [7, 11) is -3.45. The molecule has 5 nitrogen and oxygen atoms in total. The van der Waals surface area contributed by atoms with Crippen LogP contribution in [0, 0.1) is 0 Å². The second kappa shape index (κ2) is 8.89. The van der Waals surface area contributed by atoms with Gasteiger partial charge in [0.15, 0.2) is 0 Å². The Kier molecular flexibility index (Phi) is 6.31. The summed E-state index contributed by atoms with van der Waals surface area (Å²) in [6, 6.07) is 21.2. The molecular weight excluding hydrogens is 370 g/mol. The fraction of sp³-hybridized carbons (Fsp3) is 0.227. The monoisotopic (exact) mass is 395 g/mol. The molecule has 1 heterocycles. The highest BCUT2D eigenvalue weighted by atomic mass is 32.2. The van der Waals surface area contributed by atoms with Gasteiger partial charge in [0.05, 0.1) is 17.6 Å². The molecule has 0 radical (unpaired) electrons. The first kappa shape index (κ1) is 19.9. The number of sulfonamides is 1. The minimum atomic E-state index is -3.45. The number of aromatic nitrogens is 1. The summed E-state index contributed by atoms with van der Waals surface area (Å²) in [4.78, 5) is 4.21. The first-order chi connectivity index (χ1) is 13.4. The average molecular weight is 396 g/mol. The number of benzene rings is 2. The highest BCUT2D eigenvalue weighted by molar-refractivity contribution is 7.92. The summed E-state index contributed by atoms with van der Waals surface area (Å²) >= 11 is 0. The van der Waals surface area contributed by atoms with E-state index in [9.17, 15) is 8.42 Å². The van der Waals surface area contributed by atoms with Crippen molar-refractivity contribution in [2.24, 2.45) is 0 Å². The normalized spacial score (nSPS) is 11.4. The van der Waals surface area contributed by atoms with Gasteiger partial charge in [0, 0.05) is 5.69 Å². The molecule has 28 heavy (non-hydrogen) atoms. The molecule has 0 aliphatic rings. The lowest BCUT2D eigenvalue weighted by molar-refractivity contribution is 0.600. The molecule has 0 unspecified atom stereocenters. The van der Waals surface area contributed by atoms with E-state index < -0.39 is 10.0 Å². The molecular formula is C22H25N3O2S. The van der Waals surface area contributed by atoms with Gasteiger partial charge in [-0.3, -0.25) is 4.72 Å². The van der Waals surface area contributed by atoms with Crippen LogP contribution in [-0.4, -0.2) is 19.2 Å². The standard InChI is InChI=1S/C22H25N3O2S/c1-17(2)19-8-10-20(11-9-19)24-21-12-13-22(23-16-21)25-28(26,27)15-14-18-6-4-3-5-7-18/h3-13,16-17,24H,14-15H2,1-2H3,(H,23,25). The van der Waals surface area contributed by atoms with Gasteiger partial charge in [-0.05, 0) is 47.7 Å². The second-order valence-electron chi connectivity index (χ2n) is 6.99. The second-order valence-corrected chi connectivity index (χ2v) is 8.83. The molecule has 0 aliphatic carbocycles. The van der Waals surface area contributed by atoms with Crippen LogP contribution >= 0.6 is 0 Å². The van der Waals surface area contributed by atoms with Gasteiger partial charge in [-0.2, -0.15) is 0 Å². The van der Waals surface area contributed by atoms with Crippen molar-refractivity contribution < 1.29 is 8.42 Å². The molecule has 3 aromatic rings. The van der Waals surface area contributed by atoms with E-state index in [0.29, 0.717) is 18.2 Å². The number of hydrogen-bond donors (Lipinski definition) is 2. The van der Waals surface area contributed by atoms with Crippen LogP contribution in [0.3, 0.4) is 0 Å². The van der Waals surface area contributed by atoms with Crippen molar-refractivity contribution in [3.8, 4) is 0 Å². The zero-order valence-corrected chi connectivity index (χ0v) is 16.9. The fourth-order valence-electron chi connectivity index (χ4n) is 2.75. The van der Waals surface area contributed by atoms with E-state index in [1.165, 1.54) is 5.56 Å². The molecule has 1 aromatic heterocycles. The molecule has 0 fully saturated rings. The molecule has 0 saturated heterocycles. The lowest BCUT2D eigenvalue weighted by Crippen LogP contribution is -2.18. The van der Waals surface area contributed by atoms with E-state index in [1.54, 1.807) is 18.3 Å². The molecule has 2 N–H and O–H groups in total. The number of pyridine rings is 1. The van der Waals surface area contributed by atoms with E-state index in [1.807, 2.05) is 42.5 Å². The van der Waals surface area contributed by atoms with Gasteiger partial charge in [-0.1, -0.05) is 56.3 Å². The molecule has 3 rings (SSSR count). The summed E-state index contributed by atoms with van der Waals surface area (Å²) in [6.45, 7) is 4.32. The Bertz CT molecular complexity index is 984. The summed E-state index contributed by atoms with van der Waals surface area (Å²) in [5.41, 5.74) is 4.03. The number of nitrogens with zero attached hydrogens (tertiary/aromatic N) is 1. The third-order valence-electron chi connectivity index (χ3n) is 4.39. The topological polar surface area (TPSA) is 71.1 Å². The fourth-order valence-corrected chi connectivity index (χ4v) is 3.80. The van der Waals surface area contributed by atoms with Gasteiger partial charge < -0.3 is 5.32 Å². The molecule has 0 saturated carbocycles. The van der Waals surface area contributed by atoms with Gasteiger partial charge in [0.1, 0.15) is 5.82 Å². The average Bonchev–Trinajstić information content (AvgIpc) is 2.69. The Labute approximate surface area is 166 Å². The van der Waals surface area contributed by atoms with E-state index in [4.69, 9.17) is 0 Å². The largest absolute Gasteiger partial charge is 0.354 e. The Morgan fingerprint density at radius 1 is 0.893 bits per heavy atom. The van der Waals surface area contributed by atoms with Gasteiger partial charge in [0.25, 0.3) is 0 Å². The van der Waals surface area contributed by atoms with E-state index in [2.05, 4.69) is 41.0 Å². The van der Waals surface area contributed by atoms with Crippen molar-refractivity contribution in [2.45, 2.75) is 26.2 Å². The predicted octanol–water partition coefficient (Wildman–Crippen LogP) is 4.93. The van der Waals surface area contributed by atoms with Crippen LogP contribution in [0.4, 0.5) is 17.2 Å². The summed E-state index contributed by atoms with van der Waals surface area (Å²) in [6.07, 6.45) is 2.08. The lowest BCUT2D eigenvalue weighted by Gasteiger charge is -2.10. The van der Waals surface area contributed by atoms with Crippen molar-refractivity contribution in [1.29, 1.82) is 0 Å². The van der Waals surface area contributed by atoms with Crippen LogP contribution in [0.5, 0.6) is 0 Å². The highest BCUT2D eigenvalue weighted by Gasteiger charge is 2.11. The molecule has 0 aliphatic heterocycles. The maximum atomic E-state index is 12.3. The van der Waals surface area contributed by atoms with Crippen LogP contribution < -0.4 is 10.0 Å². The van der Waals surface area contributed by atoms with Crippen molar-refractivity contribution >= 4 is 27.2 Å². The predicted molar refractivity (Wildman–Crippen MR) is 116 cm³/mol. The molecule has 0 spiro atoms. The first-order valence-electron chi connectivity index (χ1n) is 9.29.